The van der Waals surface area contributed by atoms with Gasteiger partial charge in [0.05, 0.1) is 6.54 Å². The monoisotopic (exact) mass is 449 g/mol. The molecular weight excluding hydrogens is 406 g/mol. The zero-order chi connectivity index (χ0) is 24.3. The lowest BCUT2D eigenvalue weighted by Crippen LogP contribution is -2.29. The molecule has 1 aromatic carbocycles. The standard InChI is InChI=1S/C26H41NO5.H2/c1-17(2)23(18(3)4)24(19(5)6)21-9-11-22(12-10-21)30-15-16-32-26(29)27-13-14-31-25(28)20(7)8;/h9-12,17-19,23-24H,7,13-16H2,1-6,8H3,(H,27,29);1H. The molecule has 6 heteroatoms. The lowest BCUT2D eigenvalue weighted by Gasteiger charge is -2.36. The molecule has 1 N–H and O–H groups in total. The lowest BCUT2D eigenvalue weighted by atomic mass is 9.68. The number of carbonyl (C=O) groups is 2. The predicted molar refractivity (Wildman–Crippen MR) is 130 cm³/mol. The Bertz CT molecular complexity index is 723. The molecule has 0 saturated heterocycles. The molecule has 0 aliphatic carbocycles. The summed E-state index contributed by atoms with van der Waals surface area (Å²) >= 11 is 0. The second-order valence-electron chi connectivity index (χ2n) is 9.23. The molecule has 0 aromatic heterocycles. The highest BCUT2D eigenvalue weighted by atomic mass is 16.6. The first-order valence-corrected chi connectivity index (χ1v) is 11.5. The Morgan fingerprint density at radius 2 is 1.50 bits per heavy atom. The Kier molecular flexibility index (Phi) is 11.9. The first-order valence-electron chi connectivity index (χ1n) is 11.5. The van der Waals surface area contributed by atoms with E-state index in [1.165, 1.54) is 5.56 Å². The van der Waals surface area contributed by atoms with Gasteiger partial charge in [-0.1, -0.05) is 60.3 Å². The SMILES string of the molecule is C=C(C)C(=O)OCCNC(=O)OCCOc1ccc(C(C(C)C)C(C(C)C)C(C)C)cc1.[HH]. The van der Waals surface area contributed by atoms with Crippen molar-refractivity contribution in [2.45, 2.75) is 54.4 Å². The Morgan fingerprint density at radius 3 is 2.00 bits per heavy atom. The van der Waals surface area contributed by atoms with Crippen molar-refractivity contribution in [1.29, 1.82) is 0 Å². The van der Waals surface area contributed by atoms with Crippen LogP contribution in [-0.2, 0) is 14.3 Å². The van der Waals surface area contributed by atoms with E-state index in [-0.39, 0.29) is 27.8 Å². The van der Waals surface area contributed by atoms with Crippen LogP contribution in [0.2, 0.25) is 0 Å². The van der Waals surface area contributed by atoms with Crippen molar-refractivity contribution in [2.75, 3.05) is 26.4 Å². The minimum absolute atomic E-state index is 0. The van der Waals surface area contributed by atoms with Crippen LogP contribution in [0.3, 0.4) is 0 Å². The van der Waals surface area contributed by atoms with Crippen molar-refractivity contribution in [2.24, 2.45) is 23.7 Å². The number of nitrogens with one attached hydrogen (secondary N) is 1. The second-order valence-corrected chi connectivity index (χ2v) is 9.23. The molecule has 6 nitrogen and oxygen atoms in total. The average Bonchev–Trinajstić information content (AvgIpc) is 2.71. The molecule has 0 bridgehead atoms. The molecule has 0 spiro atoms. The van der Waals surface area contributed by atoms with Crippen LogP contribution in [0, 0.1) is 23.7 Å². The first kappa shape index (κ1) is 27.5. The molecular formula is C26H43NO5. The average molecular weight is 450 g/mol. The number of ether oxygens (including phenoxy) is 3. The van der Waals surface area contributed by atoms with Gasteiger partial charge in [-0.2, -0.15) is 0 Å². The fraction of sp³-hybridized carbons (Fsp3) is 0.615. The van der Waals surface area contributed by atoms with Crippen molar-refractivity contribution in [3.8, 4) is 5.75 Å². The third kappa shape index (κ3) is 9.33. The van der Waals surface area contributed by atoms with Gasteiger partial charge in [0.15, 0.2) is 0 Å². The van der Waals surface area contributed by atoms with Gasteiger partial charge in [-0.05, 0) is 54.2 Å². The molecule has 0 heterocycles. The normalized spacial score (nSPS) is 12.2. The highest BCUT2D eigenvalue weighted by molar-refractivity contribution is 5.86. The Labute approximate surface area is 195 Å². The van der Waals surface area contributed by atoms with Crippen LogP contribution in [-0.4, -0.2) is 38.4 Å². The van der Waals surface area contributed by atoms with E-state index in [0.29, 0.717) is 35.2 Å². The number of carbonyl (C=O) groups excluding carboxylic acids is 2. The quantitative estimate of drug-likeness (QED) is 0.233. The van der Waals surface area contributed by atoms with E-state index in [0.717, 1.165) is 5.75 Å². The third-order valence-electron chi connectivity index (χ3n) is 5.48. The van der Waals surface area contributed by atoms with Crippen LogP contribution in [0.4, 0.5) is 4.79 Å². The number of benzene rings is 1. The maximum absolute atomic E-state index is 11.6. The third-order valence-corrected chi connectivity index (χ3v) is 5.48. The fourth-order valence-electron chi connectivity index (χ4n) is 4.20. The molecule has 0 saturated carbocycles. The summed E-state index contributed by atoms with van der Waals surface area (Å²) in [6, 6.07) is 8.27. The number of esters is 1. The molecule has 0 aliphatic heterocycles. The van der Waals surface area contributed by atoms with Crippen LogP contribution in [0.15, 0.2) is 36.4 Å². The van der Waals surface area contributed by atoms with E-state index < -0.39 is 12.1 Å². The summed E-state index contributed by atoms with van der Waals surface area (Å²) in [4.78, 5) is 22.9. The molecule has 0 radical (unpaired) electrons. The van der Waals surface area contributed by atoms with Gasteiger partial charge >= 0.3 is 12.1 Å². The van der Waals surface area contributed by atoms with Gasteiger partial charge in [0.25, 0.3) is 0 Å². The molecule has 32 heavy (non-hydrogen) atoms. The Hall–Kier alpha value is -2.50. The van der Waals surface area contributed by atoms with Crippen LogP contribution in [0.1, 0.15) is 61.4 Å². The summed E-state index contributed by atoms with van der Waals surface area (Å²) in [5.41, 5.74) is 1.65. The van der Waals surface area contributed by atoms with E-state index in [1.54, 1.807) is 6.92 Å². The van der Waals surface area contributed by atoms with E-state index in [9.17, 15) is 9.59 Å². The molecule has 1 atom stereocenters. The molecule has 1 rings (SSSR count). The van der Waals surface area contributed by atoms with E-state index in [1.807, 2.05) is 12.1 Å². The largest absolute Gasteiger partial charge is 0.490 e. The summed E-state index contributed by atoms with van der Waals surface area (Å²) in [5.74, 6) is 3.14. The number of amides is 1. The number of rotatable bonds is 13. The van der Waals surface area contributed by atoms with Crippen molar-refractivity contribution >= 4 is 12.1 Å². The zero-order valence-corrected chi connectivity index (χ0v) is 20.8. The summed E-state index contributed by atoms with van der Waals surface area (Å²) in [7, 11) is 0. The highest BCUT2D eigenvalue weighted by Crippen LogP contribution is 2.41. The van der Waals surface area contributed by atoms with Crippen molar-refractivity contribution < 1.29 is 25.2 Å². The number of hydrogen-bond acceptors (Lipinski definition) is 5. The van der Waals surface area contributed by atoms with E-state index >= 15 is 0 Å². The van der Waals surface area contributed by atoms with E-state index in [4.69, 9.17) is 14.2 Å². The molecule has 1 amide bonds. The molecule has 1 aromatic rings. The molecule has 182 valence electrons. The van der Waals surface area contributed by atoms with Gasteiger partial charge < -0.3 is 19.5 Å². The number of hydrogen-bond donors (Lipinski definition) is 1. The van der Waals surface area contributed by atoms with Gasteiger partial charge in [0, 0.05) is 7.00 Å². The van der Waals surface area contributed by atoms with Crippen molar-refractivity contribution in [3.63, 3.8) is 0 Å². The minimum atomic E-state index is -0.580. The van der Waals surface area contributed by atoms with Gasteiger partial charge in [0.2, 0.25) is 0 Å². The molecule has 0 fully saturated rings. The fourth-order valence-corrected chi connectivity index (χ4v) is 4.20. The second kappa shape index (κ2) is 13.8. The summed E-state index contributed by atoms with van der Waals surface area (Å²) in [5, 5.41) is 2.51. The Morgan fingerprint density at radius 1 is 0.906 bits per heavy atom. The van der Waals surface area contributed by atoms with Crippen molar-refractivity contribution in [3.05, 3.63) is 42.0 Å². The zero-order valence-electron chi connectivity index (χ0n) is 20.8. The van der Waals surface area contributed by atoms with E-state index in [2.05, 4.69) is 65.6 Å². The smallest absolute Gasteiger partial charge is 0.407 e. The number of alkyl carbamates (subject to hydrolysis) is 1. The highest BCUT2D eigenvalue weighted by Gasteiger charge is 2.30. The summed E-state index contributed by atoms with van der Waals surface area (Å²) in [6.07, 6.45) is -0.580. The van der Waals surface area contributed by atoms with Crippen LogP contribution in [0.25, 0.3) is 0 Å². The van der Waals surface area contributed by atoms with Gasteiger partial charge in [-0.15, -0.1) is 0 Å². The maximum Gasteiger partial charge on any atom is 0.407 e. The van der Waals surface area contributed by atoms with Crippen LogP contribution >= 0.6 is 0 Å². The van der Waals surface area contributed by atoms with Crippen LogP contribution in [0.5, 0.6) is 5.75 Å². The van der Waals surface area contributed by atoms with Crippen LogP contribution < -0.4 is 10.1 Å². The molecule has 1 unspecified atom stereocenters. The topological polar surface area (TPSA) is 73.9 Å². The van der Waals surface area contributed by atoms with Gasteiger partial charge in [-0.25, -0.2) is 9.59 Å². The van der Waals surface area contributed by atoms with Crippen molar-refractivity contribution in [1.82, 2.24) is 5.32 Å². The maximum atomic E-state index is 11.6. The van der Waals surface area contributed by atoms with Gasteiger partial charge in [-0.3, -0.25) is 0 Å². The summed E-state index contributed by atoms with van der Waals surface area (Å²) < 4.78 is 15.7. The molecule has 0 aliphatic rings. The first-order chi connectivity index (χ1) is 15.0. The minimum Gasteiger partial charge on any atom is -0.490 e. The Balaban J connectivity index is 0.0000102. The predicted octanol–water partition coefficient (Wildman–Crippen LogP) is 5.82. The van der Waals surface area contributed by atoms with Gasteiger partial charge in [0.1, 0.15) is 25.6 Å². The lowest BCUT2D eigenvalue weighted by molar-refractivity contribution is -0.138. The summed E-state index contributed by atoms with van der Waals surface area (Å²) in [6.45, 7) is 19.5.